The molecule has 0 bridgehead atoms. The van der Waals surface area contributed by atoms with Crippen molar-refractivity contribution in [2.24, 2.45) is 0 Å². The summed E-state index contributed by atoms with van der Waals surface area (Å²) in [6.07, 6.45) is 12.5. The summed E-state index contributed by atoms with van der Waals surface area (Å²) in [6, 6.07) is 2.27. The zero-order chi connectivity index (χ0) is 12.8. The van der Waals surface area contributed by atoms with Gasteiger partial charge in [-0.25, -0.2) is 14.4 Å². The number of rotatable bonds is 4. The summed E-state index contributed by atoms with van der Waals surface area (Å²) in [5, 5.41) is 9.46. The molecule has 5 heteroatoms. The molecule has 18 heavy (non-hydrogen) atoms. The molecule has 0 N–H and O–H groups in total. The molecule has 0 aromatic carbocycles. The highest BCUT2D eigenvalue weighted by atomic mass is 19.1. The third-order valence-electron chi connectivity index (χ3n) is 2.89. The van der Waals surface area contributed by atoms with Crippen molar-refractivity contribution in [1.29, 1.82) is 5.26 Å². The minimum absolute atomic E-state index is 0.138. The lowest BCUT2D eigenvalue weighted by Crippen LogP contribution is -2.48. The third kappa shape index (κ3) is 2.23. The summed E-state index contributed by atoms with van der Waals surface area (Å²) in [7, 11) is 0. The van der Waals surface area contributed by atoms with E-state index in [1.54, 1.807) is 23.4 Å². The van der Waals surface area contributed by atoms with E-state index in [9.17, 15) is 9.65 Å². The number of nitrogens with zero attached hydrogens (tertiary/aromatic N) is 4. The van der Waals surface area contributed by atoms with Crippen LogP contribution in [0.1, 0.15) is 6.42 Å². The molecule has 1 atom stereocenters. The van der Waals surface area contributed by atoms with Gasteiger partial charge in [0.05, 0.1) is 24.2 Å². The number of halogens is 1. The Morgan fingerprint density at radius 1 is 1.39 bits per heavy atom. The number of nitriles is 1. The number of aromatic nitrogens is 2. The maximum absolute atomic E-state index is 12.8. The van der Waals surface area contributed by atoms with E-state index in [-0.39, 0.29) is 6.54 Å². The molecule has 1 heterocycles. The monoisotopic (exact) mass is 244 g/mol. The molecule has 0 amide bonds. The molecular formula is C13H13FN4. The SMILES string of the molecule is N#CC1(N(CCF)c2cncnc2)C=CC=CC1. The van der Waals surface area contributed by atoms with Gasteiger partial charge in [0, 0.05) is 13.0 Å². The quantitative estimate of drug-likeness (QED) is 0.813. The average Bonchev–Trinajstić information content (AvgIpc) is 2.46. The lowest BCUT2D eigenvalue weighted by Gasteiger charge is -2.37. The number of alkyl halides is 1. The van der Waals surface area contributed by atoms with Gasteiger partial charge in [0.15, 0.2) is 0 Å². The van der Waals surface area contributed by atoms with Crippen molar-refractivity contribution in [3.8, 4) is 6.07 Å². The Morgan fingerprint density at radius 3 is 2.72 bits per heavy atom. The van der Waals surface area contributed by atoms with Crippen LogP contribution in [0.25, 0.3) is 0 Å². The minimum atomic E-state index is -0.856. The van der Waals surface area contributed by atoms with Gasteiger partial charge >= 0.3 is 0 Å². The summed E-state index contributed by atoms with van der Waals surface area (Å²) in [6.45, 7) is -0.394. The lowest BCUT2D eigenvalue weighted by atomic mass is 9.90. The van der Waals surface area contributed by atoms with Gasteiger partial charge in [-0.15, -0.1) is 0 Å². The topological polar surface area (TPSA) is 52.8 Å². The Morgan fingerprint density at radius 2 is 2.17 bits per heavy atom. The first kappa shape index (κ1) is 12.2. The molecule has 0 aliphatic heterocycles. The van der Waals surface area contributed by atoms with E-state index < -0.39 is 12.2 Å². The van der Waals surface area contributed by atoms with Crippen LogP contribution in [-0.2, 0) is 0 Å². The van der Waals surface area contributed by atoms with Crippen molar-refractivity contribution in [3.63, 3.8) is 0 Å². The summed E-state index contributed by atoms with van der Waals surface area (Å²) in [5.41, 5.74) is -0.206. The molecule has 1 aromatic heterocycles. The maximum atomic E-state index is 12.8. The minimum Gasteiger partial charge on any atom is -0.345 e. The Labute approximate surface area is 105 Å². The van der Waals surface area contributed by atoms with Crippen molar-refractivity contribution in [1.82, 2.24) is 9.97 Å². The second-order valence-electron chi connectivity index (χ2n) is 3.96. The zero-order valence-electron chi connectivity index (χ0n) is 9.83. The first-order valence-corrected chi connectivity index (χ1v) is 5.66. The lowest BCUT2D eigenvalue weighted by molar-refractivity contribution is 0.460. The van der Waals surface area contributed by atoms with Crippen LogP contribution in [-0.4, -0.2) is 28.7 Å². The van der Waals surface area contributed by atoms with Crippen molar-refractivity contribution >= 4 is 5.69 Å². The number of hydrogen-bond acceptors (Lipinski definition) is 4. The van der Waals surface area contributed by atoms with Gasteiger partial charge in [0.1, 0.15) is 18.5 Å². The number of hydrogen-bond donors (Lipinski definition) is 0. The van der Waals surface area contributed by atoms with Gasteiger partial charge in [0.2, 0.25) is 0 Å². The second kappa shape index (κ2) is 5.41. The summed E-state index contributed by atoms with van der Waals surface area (Å²) >= 11 is 0. The first-order valence-electron chi connectivity index (χ1n) is 5.66. The Kier molecular flexibility index (Phi) is 3.68. The smallest absolute Gasteiger partial charge is 0.150 e. The number of allylic oxidation sites excluding steroid dienone is 2. The van der Waals surface area contributed by atoms with Crippen LogP contribution in [0, 0.1) is 11.3 Å². The molecular weight excluding hydrogens is 231 g/mol. The predicted molar refractivity (Wildman–Crippen MR) is 66.6 cm³/mol. The van der Waals surface area contributed by atoms with Crippen LogP contribution in [0.5, 0.6) is 0 Å². The Bertz CT molecular complexity index is 491. The first-order chi connectivity index (χ1) is 8.82. The molecule has 0 radical (unpaired) electrons. The maximum Gasteiger partial charge on any atom is 0.150 e. The van der Waals surface area contributed by atoms with Crippen molar-refractivity contribution in [2.45, 2.75) is 12.0 Å². The summed E-state index contributed by atoms with van der Waals surface area (Å²) in [5.74, 6) is 0. The molecule has 0 spiro atoms. The molecule has 0 saturated heterocycles. The van der Waals surface area contributed by atoms with Crippen LogP contribution in [0.2, 0.25) is 0 Å². The zero-order valence-corrected chi connectivity index (χ0v) is 9.83. The second-order valence-corrected chi connectivity index (χ2v) is 3.96. The summed E-state index contributed by atoms with van der Waals surface area (Å²) < 4.78 is 12.8. The van der Waals surface area contributed by atoms with Crippen molar-refractivity contribution in [2.75, 3.05) is 18.1 Å². The van der Waals surface area contributed by atoms with E-state index >= 15 is 0 Å². The molecule has 1 unspecified atom stereocenters. The van der Waals surface area contributed by atoms with Gasteiger partial charge < -0.3 is 4.90 Å². The van der Waals surface area contributed by atoms with E-state index in [2.05, 4.69) is 16.0 Å². The predicted octanol–water partition coefficient (Wildman–Crippen LogP) is 2.03. The van der Waals surface area contributed by atoms with E-state index in [0.29, 0.717) is 12.1 Å². The normalized spacial score (nSPS) is 21.6. The van der Waals surface area contributed by atoms with Crippen molar-refractivity contribution < 1.29 is 4.39 Å². The largest absolute Gasteiger partial charge is 0.345 e. The fraction of sp³-hybridized carbons (Fsp3) is 0.308. The van der Waals surface area contributed by atoms with Gasteiger partial charge in [-0.1, -0.05) is 18.2 Å². The average molecular weight is 244 g/mol. The molecule has 0 saturated carbocycles. The fourth-order valence-electron chi connectivity index (χ4n) is 2.03. The van der Waals surface area contributed by atoms with Crippen LogP contribution in [0.15, 0.2) is 43.0 Å². The fourth-order valence-corrected chi connectivity index (χ4v) is 2.03. The van der Waals surface area contributed by atoms with Crippen molar-refractivity contribution in [3.05, 3.63) is 43.0 Å². The van der Waals surface area contributed by atoms with Gasteiger partial charge in [-0.3, -0.25) is 0 Å². The van der Waals surface area contributed by atoms with E-state index in [0.717, 1.165) is 0 Å². The summed E-state index contributed by atoms with van der Waals surface area (Å²) in [4.78, 5) is 9.54. The highest BCUT2D eigenvalue weighted by Gasteiger charge is 2.34. The molecule has 1 aliphatic rings. The highest BCUT2D eigenvalue weighted by molar-refractivity contribution is 5.52. The standard InChI is InChI=1S/C13H13FN4/c14-6-7-18(12-8-16-11-17-9-12)13(10-15)4-2-1-3-5-13/h1-4,8-9,11H,5-7H2. The van der Waals surface area contributed by atoms with Crippen LogP contribution < -0.4 is 4.90 Å². The van der Waals surface area contributed by atoms with Crippen LogP contribution in [0.4, 0.5) is 10.1 Å². The third-order valence-corrected chi connectivity index (χ3v) is 2.89. The Balaban J connectivity index is 2.38. The molecule has 92 valence electrons. The molecule has 0 fully saturated rings. The van der Waals surface area contributed by atoms with Crippen LogP contribution in [0.3, 0.4) is 0 Å². The highest BCUT2D eigenvalue weighted by Crippen LogP contribution is 2.29. The van der Waals surface area contributed by atoms with E-state index in [4.69, 9.17) is 0 Å². The van der Waals surface area contributed by atoms with E-state index in [1.807, 2.05) is 18.2 Å². The molecule has 4 nitrogen and oxygen atoms in total. The van der Waals surface area contributed by atoms with Gasteiger partial charge in [0.25, 0.3) is 0 Å². The van der Waals surface area contributed by atoms with E-state index in [1.165, 1.54) is 6.33 Å². The molecule has 1 aromatic rings. The van der Waals surface area contributed by atoms with Gasteiger partial charge in [-0.2, -0.15) is 5.26 Å². The number of anilines is 1. The molecule has 1 aliphatic carbocycles. The Hall–Kier alpha value is -2.22. The van der Waals surface area contributed by atoms with Crippen LogP contribution >= 0.6 is 0 Å². The van der Waals surface area contributed by atoms with Gasteiger partial charge in [-0.05, 0) is 6.08 Å². The molecule has 2 rings (SSSR count).